The minimum absolute atomic E-state index is 0.319. The summed E-state index contributed by atoms with van der Waals surface area (Å²) in [5.41, 5.74) is 1.49. The number of thiophene rings is 1. The number of anilines is 2. The molecule has 0 saturated carbocycles. The van der Waals surface area contributed by atoms with E-state index in [4.69, 9.17) is 0 Å². The van der Waals surface area contributed by atoms with Crippen LogP contribution in [0.5, 0.6) is 0 Å². The van der Waals surface area contributed by atoms with Gasteiger partial charge in [-0.1, -0.05) is 67.1 Å². The molecule has 5 rings (SSSR count). The number of nitrogens with one attached hydrogen (secondary N) is 2. The molecular formula is C31H27N3O3S. The first-order valence-corrected chi connectivity index (χ1v) is 13.4. The minimum atomic E-state index is -1.90. The highest BCUT2D eigenvalue weighted by atomic mass is 32.1. The first kappa shape index (κ1) is 25.4. The summed E-state index contributed by atoms with van der Waals surface area (Å²) in [4.78, 5) is 27.6. The van der Waals surface area contributed by atoms with Crippen LogP contribution in [0.1, 0.15) is 56.8 Å². The van der Waals surface area contributed by atoms with E-state index in [1.165, 1.54) is 16.2 Å². The van der Waals surface area contributed by atoms with Crippen LogP contribution in [-0.2, 0) is 23.2 Å². The maximum atomic E-state index is 13.4. The number of hydrogen-bond donors (Lipinski definition) is 3. The van der Waals surface area contributed by atoms with Gasteiger partial charge in [0.25, 0.3) is 11.8 Å². The second-order valence-corrected chi connectivity index (χ2v) is 10.4. The van der Waals surface area contributed by atoms with Crippen LogP contribution in [0.25, 0.3) is 0 Å². The summed E-state index contributed by atoms with van der Waals surface area (Å²) in [6.45, 7) is 0. The lowest BCUT2D eigenvalue weighted by Crippen LogP contribution is -2.41. The van der Waals surface area contributed by atoms with Gasteiger partial charge in [-0.25, -0.2) is 0 Å². The Hall–Kier alpha value is -4.25. The summed E-state index contributed by atoms with van der Waals surface area (Å²) in [7, 11) is 0. The lowest BCUT2D eigenvalue weighted by Gasteiger charge is -2.28. The van der Waals surface area contributed by atoms with E-state index < -0.39 is 11.5 Å². The molecule has 38 heavy (non-hydrogen) atoms. The van der Waals surface area contributed by atoms with Crippen molar-refractivity contribution in [2.24, 2.45) is 0 Å². The third-order valence-electron chi connectivity index (χ3n) is 6.88. The maximum absolute atomic E-state index is 13.4. The normalized spacial score (nSPS) is 13.1. The van der Waals surface area contributed by atoms with Gasteiger partial charge < -0.3 is 15.7 Å². The third-order valence-corrected chi connectivity index (χ3v) is 8.08. The Morgan fingerprint density at radius 1 is 0.816 bits per heavy atom. The Balaban J connectivity index is 1.34. The standard InChI is InChI=1S/C31H27N3O3S/c32-20-26-25-14-8-3-9-15-27(25)38-29(26)34-28(35)21-16-18-24(19-17-21)33-30(36)31(37,22-10-4-1-5-11-22)23-12-6-2-7-13-23/h1-2,4-7,10-13,16-19,37H,3,8-9,14-15H2,(H,33,36)(H,34,35). The molecule has 1 aromatic heterocycles. The van der Waals surface area contributed by atoms with E-state index in [0.717, 1.165) is 37.7 Å². The summed E-state index contributed by atoms with van der Waals surface area (Å²) in [5.74, 6) is -0.924. The monoisotopic (exact) mass is 521 g/mol. The highest BCUT2D eigenvalue weighted by Gasteiger charge is 2.39. The summed E-state index contributed by atoms with van der Waals surface area (Å²) in [5, 5.41) is 27.7. The number of carbonyl (C=O) groups is 2. The maximum Gasteiger partial charge on any atom is 0.265 e. The molecule has 0 spiro atoms. The number of aryl methyl sites for hydroxylation is 1. The third kappa shape index (κ3) is 4.97. The van der Waals surface area contributed by atoms with Crippen molar-refractivity contribution in [3.8, 4) is 6.07 Å². The molecule has 6 nitrogen and oxygen atoms in total. The molecule has 7 heteroatoms. The minimum Gasteiger partial charge on any atom is -0.372 e. The summed E-state index contributed by atoms with van der Waals surface area (Å²) < 4.78 is 0. The molecule has 0 atom stereocenters. The van der Waals surface area contributed by atoms with Crippen LogP contribution in [0.2, 0.25) is 0 Å². The van der Waals surface area contributed by atoms with Crippen molar-refractivity contribution in [2.75, 3.05) is 10.6 Å². The van der Waals surface area contributed by atoms with E-state index in [2.05, 4.69) is 16.7 Å². The van der Waals surface area contributed by atoms with Gasteiger partial charge in [-0.05, 0) is 66.6 Å². The molecule has 190 valence electrons. The number of aliphatic hydroxyl groups is 1. The molecule has 3 N–H and O–H groups in total. The van der Waals surface area contributed by atoms with Crippen LogP contribution in [0.3, 0.4) is 0 Å². The van der Waals surface area contributed by atoms with Crippen molar-refractivity contribution in [3.63, 3.8) is 0 Å². The SMILES string of the molecule is N#Cc1c(NC(=O)c2ccc(NC(=O)C(O)(c3ccccc3)c3ccccc3)cc2)sc2c1CCCCC2. The highest BCUT2D eigenvalue weighted by molar-refractivity contribution is 7.16. The Kier molecular flexibility index (Phi) is 7.36. The van der Waals surface area contributed by atoms with Crippen LogP contribution < -0.4 is 10.6 Å². The predicted molar refractivity (Wildman–Crippen MR) is 149 cm³/mol. The van der Waals surface area contributed by atoms with Crippen LogP contribution in [-0.4, -0.2) is 16.9 Å². The number of benzene rings is 3. The first-order valence-electron chi connectivity index (χ1n) is 12.6. The quantitative estimate of drug-likeness (QED) is 0.270. The number of nitriles is 1. The van der Waals surface area contributed by atoms with Gasteiger partial charge in [-0.3, -0.25) is 9.59 Å². The summed E-state index contributed by atoms with van der Waals surface area (Å²) in [6.07, 6.45) is 5.13. The topological polar surface area (TPSA) is 102 Å². The second-order valence-electron chi connectivity index (χ2n) is 9.31. The molecule has 0 unspecified atom stereocenters. The van der Waals surface area contributed by atoms with Gasteiger partial charge in [-0.2, -0.15) is 5.26 Å². The molecule has 0 saturated heterocycles. The molecule has 4 aromatic rings. The number of hydrogen-bond acceptors (Lipinski definition) is 5. The van der Waals surface area contributed by atoms with Crippen molar-refractivity contribution in [1.29, 1.82) is 5.26 Å². The molecule has 1 heterocycles. The number of amides is 2. The fraction of sp³-hybridized carbons (Fsp3) is 0.194. The van der Waals surface area contributed by atoms with Crippen molar-refractivity contribution >= 4 is 33.8 Å². The van der Waals surface area contributed by atoms with E-state index in [1.54, 1.807) is 72.8 Å². The van der Waals surface area contributed by atoms with Crippen molar-refractivity contribution < 1.29 is 14.7 Å². The van der Waals surface area contributed by atoms with Crippen LogP contribution in [0.4, 0.5) is 10.7 Å². The van der Waals surface area contributed by atoms with Crippen LogP contribution in [0, 0.1) is 11.3 Å². The number of nitrogens with zero attached hydrogens (tertiary/aromatic N) is 1. The molecule has 0 radical (unpaired) electrons. The van der Waals surface area contributed by atoms with Gasteiger partial charge in [0, 0.05) is 16.1 Å². The number of carbonyl (C=O) groups excluding carboxylic acids is 2. The smallest absolute Gasteiger partial charge is 0.265 e. The molecular weight excluding hydrogens is 494 g/mol. The van der Waals surface area contributed by atoms with Gasteiger partial charge in [0.1, 0.15) is 11.1 Å². The molecule has 1 aliphatic carbocycles. The van der Waals surface area contributed by atoms with E-state index in [9.17, 15) is 20.0 Å². The predicted octanol–water partition coefficient (Wildman–Crippen LogP) is 6.02. The molecule has 2 amide bonds. The second kappa shape index (κ2) is 11.0. The Bertz CT molecular complexity index is 1450. The molecule has 1 aliphatic rings. The molecule has 0 fully saturated rings. The van der Waals surface area contributed by atoms with Crippen LogP contribution >= 0.6 is 11.3 Å². The largest absolute Gasteiger partial charge is 0.372 e. The first-order chi connectivity index (χ1) is 18.5. The number of rotatable bonds is 6. The Morgan fingerprint density at radius 2 is 1.42 bits per heavy atom. The van der Waals surface area contributed by atoms with Gasteiger partial charge >= 0.3 is 0 Å². The zero-order valence-corrected chi connectivity index (χ0v) is 21.6. The van der Waals surface area contributed by atoms with Crippen molar-refractivity contribution in [3.05, 3.63) is 118 Å². The lowest BCUT2D eigenvalue weighted by atomic mass is 9.85. The molecule has 0 bridgehead atoms. The summed E-state index contributed by atoms with van der Waals surface area (Å²) >= 11 is 1.49. The van der Waals surface area contributed by atoms with Crippen LogP contribution in [0.15, 0.2) is 84.9 Å². The Morgan fingerprint density at radius 3 is 2.03 bits per heavy atom. The molecule has 3 aromatic carbocycles. The van der Waals surface area contributed by atoms with Gasteiger partial charge in [0.2, 0.25) is 0 Å². The van der Waals surface area contributed by atoms with E-state index in [0.29, 0.717) is 32.9 Å². The lowest BCUT2D eigenvalue weighted by molar-refractivity contribution is -0.131. The fourth-order valence-corrected chi connectivity index (χ4v) is 6.07. The van der Waals surface area contributed by atoms with E-state index in [-0.39, 0.29) is 5.91 Å². The fourth-order valence-electron chi connectivity index (χ4n) is 4.84. The van der Waals surface area contributed by atoms with Gasteiger partial charge in [-0.15, -0.1) is 11.3 Å². The average Bonchev–Trinajstić information content (AvgIpc) is 3.11. The zero-order chi connectivity index (χ0) is 26.5. The highest BCUT2D eigenvalue weighted by Crippen LogP contribution is 2.37. The Labute approximate surface area is 225 Å². The zero-order valence-electron chi connectivity index (χ0n) is 20.7. The van der Waals surface area contributed by atoms with Gasteiger partial charge in [0.15, 0.2) is 5.60 Å². The van der Waals surface area contributed by atoms with Gasteiger partial charge in [0.05, 0.1) is 5.56 Å². The van der Waals surface area contributed by atoms with E-state index >= 15 is 0 Å². The van der Waals surface area contributed by atoms with Crippen molar-refractivity contribution in [2.45, 2.75) is 37.7 Å². The average molecular weight is 522 g/mol. The molecule has 0 aliphatic heterocycles. The van der Waals surface area contributed by atoms with Crippen molar-refractivity contribution in [1.82, 2.24) is 0 Å². The van der Waals surface area contributed by atoms with E-state index in [1.807, 2.05) is 12.1 Å². The number of fused-ring (bicyclic) bond motifs is 1. The summed E-state index contributed by atoms with van der Waals surface area (Å²) in [6, 6.07) is 26.3.